The van der Waals surface area contributed by atoms with Crippen molar-refractivity contribution in [1.29, 1.82) is 0 Å². The van der Waals surface area contributed by atoms with Gasteiger partial charge in [0, 0.05) is 24.8 Å². The fourth-order valence-corrected chi connectivity index (χ4v) is 1.82. The molecule has 0 bridgehead atoms. The van der Waals surface area contributed by atoms with Gasteiger partial charge in [-0.2, -0.15) is 0 Å². The van der Waals surface area contributed by atoms with Gasteiger partial charge in [0.2, 0.25) is 0 Å². The molecule has 1 aliphatic rings. The van der Waals surface area contributed by atoms with E-state index in [4.69, 9.17) is 5.11 Å². The van der Waals surface area contributed by atoms with Crippen molar-refractivity contribution in [2.24, 2.45) is 0 Å². The molecule has 0 atom stereocenters. The van der Waals surface area contributed by atoms with Gasteiger partial charge in [-0.15, -0.1) is 0 Å². The van der Waals surface area contributed by atoms with Crippen LogP contribution in [0.1, 0.15) is 5.56 Å². The molecule has 0 saturated heterocycles. The van der Waals surface area contributed by atoms with Gasteiger partial charge >= 0.3 is 0 Å². The van der Waals surface area contributed by atoms with Crippen LogP contribution in [0.15, 0.2) is 12.1 Å². The van der Waals surface area contributed by atoms with Crippen molar-refractivity contribution in [1.82, 2.24) is 0 Å². The van der Waals surface area contributed by atoms with Gasteiger partial charge in [-0.3, -0.25) is 10.1 Å². The van der Waals surface area contributed by atoms with E-state index in [0.717, 1.165) is 24.2 Å². The maximum absolute atomic E-state index is 10.9. The summed E-state index contributed by atoms with van der Waals surface area (Å²) in [6.07, 6.45) is 0.816. The van der Waals surface area contributed by atoms with Crippen LogP contribution in [-0.2, 0) is 6.42 Å². The summed E-state index contributed by atoms with van der Waals surface area (Å²) < 4.78 is 0. The van der Waals surface area contributed by atoms with Crippen LogP contribution >= 0.6 is 0 Å². The molecule has 1 aromatic rings. The zero-order valence-corrected chi connectivity index (χ0v) is 8.69. The number of aliphatic hydroxyl groups is 1. The van der Waals surface area contributed by atoms with Gasteiger partial charge in [0.05, 0.1) is 11.5 Å². The second-order valence-corrected chi connectivity index (χ2v) is 3.61. The lowest BCUT2D eigenvalue weighted by atomic mass is 10.1. The van der Waals surface area contributed by atoms with Crippen LogP contribution in [0.5, 0.6) is 0 Å². The Balaban J connectivity index is 2.36. The van der Waals surface area contributed by atoms with Crippen molar-refractivity contribution in [3.05, 3.63) is 27.8 Å². The Hall–Kier alpha value is -1.82. The smallest absolute Gasteiger partial charge is 0.292 e. The molecular formula is C10H13N3O3. The molecule has 0 amide bonds. The van der Waals surface area contributed by atoms with E-state index in [2.05, 4.69) is 10.6 Å². The molecule has 3 N–H and O–H groups in total. The van der Waals surface area contributed by atoms with E-state index in [0.29, 0.717) is 12.2 Å². The van der Waals surface area contributed by atoms with Crippen LogP contribution in [0.3, 0.4) is 0 Å². The summed E-state index contributed by atoms with van der Waals surface area (Å²) in [6.45, 7) is 1.07. The Morgan fingerprint density at radius 1 is 1.56 bits per heavy atom. The summed E-state index contributed by atoms with van der Waals surface area (Å²) >= 11 is 0. The van der Waals surface area contributed by atoms with Gasteiger partial charge in [0.1, 0.15) is 5.69 Å². The summed E-state index contributed by atoms with van der Waals surface area (Å²) in [5.74, 6) is 0. The number of hydrogen-bond acceptors (Lipinski definition) is 5. The van der Waals surface area contributed by atoms with Crippen LogP contribution < -0.4 is 10.6 Å². The first-order valence-corrected chi connectivity index (χ1v) is 5.12. The molecule has 2 rings (SSSR count). The molecule has 1 aliphatic heterocycles. The number of nitrogens with one attached hydrogen (secondary N) is 2. The zero-order valence-electron chi connectivity index (χ0n) is 8.69. The van der Waals surface area contributed by atoms with Gasteiger partial charge in [0.25, 0.3) is 5.69 Å². The van der Waals surface area contributed by atoms with E-state index in [-0.39, 0.29) is 12.3 Å². The molecular weight excluding hydrogens is 210 g/mol. The highest BCUT2D eigenvalue weighted by atomic mass is 16.6. The first kappa shape index (κ1) is 10.7. The lowest BCUT2D eigenvalue weighted by Crippen LogP contribution is -2.08. The zero-order chi connectivity index (χ0) is 11.5. The number of nitrogens with zero attached hydrogens (tertiary/aromatic N) is 1. The van der Waals surface area contributed by atoms with E-state index in [1.165, 1.54) is 0 Å². The maximum atomic E-state index is 10.9. The number of rotatable bonds is 4. The Kier molecular flexibility index (Phi) is 2.91. The molecule has 0 saturated carbocycles. The number of fused-ring (bicyclic) bond motifs is 1. The molecule has 0 unspecified atom stereocenters. The highest BCUT2D eigenvalue weighted by Crippen LogP contribution is 2.33. The topological polar surface area (TPSA) is 87.4 Å². The summed E-state index contributed by atoms with van der Waals surface area (Å²) in [5, 5.41) is 25.6. The van der Waals surface area contributed by atoms with Crippen molar-refractivity contribution in [3.8, 4) is 0 Å². The number of hydrogen-bond donors (Lipinski definition) is 3. The second-order valence-electron chi connectivity index (χ2n) is 3.61. The molecule has 0 spiro atoms. The van der Waals surface area contributed by atoms with Crippen molar-refractivity contribution in [3.63, 3.8) is 0 Å². The van der Waals surface area contributed by atoms with Crippen molar-refractivity contribution in [2.45, 2.75) is 6.42 Å². The first-order valence-electron chi connectivity index (χ1n) is 5.12. The Labute approximate surface area is 92.4 Å². The van der Waals surface area contributed by atoms with Crippen molar-refractivity contribution in [2.75, 3.05) is 30.3 Å². The predicted octanol–water partition coefficient (Wildman–Crippen LogP) is 0.967. The number of aliphatic hydroxyl groups excluding tert-OH is 1. The molecule has 6 nitrogen and oxygen atoms in total. The number of nitro groups is 1. The fourth-order valence-electron chi connectivity index (χ4n) is 1.82. The van der Waals surface area contributed by atoms with Crippen LogP contribution in [0, 0.1) is 10.1 Å². The molecule has 86 valence electrons. The van der Waals surface area contributed by atoms with Crippen molar-refractivity contribution >= 4 is 17.1 Å². The summed E-state index contributed by atoms with van der Waals surface area (Å²) in [6, 6.07) is 3.32. The lowest BCUT2D eigenvalue weighted by molar-refractivity contribution is -0.384. The average Bonchev–Trinajstić information content (AvgIpc) is 2.71. The standard InChI is InChI=1S/C10H13N3O3/c14-4-3-12-9-6-8-7(1-2-11-8)5-10(9)13(15)16/h5-6,11-12,14H,1-4H2. The van der Waals surface area contributed by atoms with E-state index >= 15 is 0 Å². The second kappa shape index (κ2) is 4.36. The third-order valence-corrected chi connectivity index (χ3v) is 2.56. The quantitative estimate of drug-likeness (QED) is 0.523. The molecule has 0 aromatic heterocycles. The highest BCUT2D eigenvalue weighted by Gasteiger charge is 2.20. The minimum atomic E-state index is -0.404. The molecule has 1 aromatic carbocycles. The SMILES string of the molecule is O=[N+]([O-])c1cc2c(cc1NCCO)NCC2. The third-order valence-electron chi connectivity index (χ3n) is 2.56. The van der Waals surface area contributed by atoms with Gasteiger partial charge in [0.15, 0.2) is 0 Å². The highest BCUT2D eigenvalue weighted by molar-refractivity contribution is 5.73. The molecule has 6 heteroatoms. The fraction of sp³-hybridized carbons (Fsp3) is 0.400. The maximum Gasteiger partial charge on any atom is 0.292 e. The van der Waals surface area contributed by atoms with Gasteiger partial charge < -0.3 is 15.7 Å². The summed E-state index contributed by atoms with van der Waals surface area (Å²) in [7, 11) is 0. The van der Waals surface area contributed by atoms with Crippen LogP contribution in [0.4, 0.5) is 17.1 Å². The van der Waals surface area contributed by atoms with E-state index in [9.17, 15) is 10.1 Å². The van der Waals surface area contributed by atoms with E-state index < -0.39 is 4.92 Å². The molecule has 0 radical (unpaired) electrons. The number of nitro benzene ring substituents is 1. The molecule has 16 heavy (non-hydrogen) atoms. The van der Waals surface area contributed by atoms with E-state index in [1.807, 2.05) is 0 Å². The van der Waals surface area contributed by atoms with Crippen LogP contribution in [-0.4, -0.2) is 29.7 Å². The molecule has 0 fully saturated rings. The Morgan fingerprint density at radius 3 is 3.06 bits per heavy atom. The minimum Gasteiger partial charge on any atom is -0.395 e. The lowest BCUT2D eigenvalue weighted by Gasteiger charge is -2.08. The summed E-state index contributed by atoms with van der Waals surface area (Å²) in [4.78, 5) is 10.5. The molecule has 0 aliphatic carbocycles. The van der Waals surface area contributed by atoms with Gasteiger partial charge in [-0.05, 0) is 18.1 Å². The minimum absolute atomic E-state index is 0.0539. The molecule has 1 heterocycles. The van der Waals surface area contributed by atoms with Gasteiger partial charge in [-0.1, -0.05) is 0 Å². The Bertz CT molecular complexity index is 420. The number of benzene rings is 1. The third kappa shape index (κ3) is 1.92. The predicted molar refractivity (Wildman–Crippen MR) is 60.9 cm³/mol. The van der Waals surface area contributed by atoms with Crippen LogP contribution in [0.25, 0.3) is 0 Å². The van der Waals surface area contributed by atoms with Crippen molar-refractivity contribution < 1.29 is 10.0 Å². The normalized spacial score (nSPS) is 13.1. The van der Waals surface area contributed by atoms with Crippen LogP contribution in [0.2, 0.25) is 0 Å². The number of anilines is 2. The van der Waals surface area contributed by atoms with E-state index in [1.54, 1.807) is 12.1 Å². The average molecular weight is 223 g/mol. The summed E-state index contributed by atoms with van der Waals surface area (Å²) in [5.41, 5.74) is 2.43. The monoisotopic (exact) mass is 223 g/mol. The van der Waals surface area contributed by atoms with Gasteiger partial charge in [-0.25, -0.2) is 0 Å². The largest absolute Gasteiger partial charge is 0.395 e. The Morgan fingerprint density at radius 2 is 2.38 bits per heavy atom. The first-order chi connectivity index (χ1) is 7.72.